The van der Waals surface area contributed by atoms with Crippen LogP contribution in [0.25, 0.3) is 0 Å². The van der Waals surface area contributed by atoms with Gasteiger partial charge < -0.3 is 4.57 Å². The molecule has 0 radical (unpaired) electrons. The van der Waals surface area contributed by atoms with E-state index in [4.69, 9.17) is 0 Å². The average molecular weight is 197 g/mol. The number of nitrogens with zero attached hydrogens (tertiary/aromatic N) is 1. The molecule has 1 heterocycles. The zero-order valence-corrected chi connectivity index (χ0v) is 9.31. The third kappa shape index (κ3) is 2.37. The molecule has 2 nitrogen and oxygen atoms in total. The normalized spacial score (nSPS) is 11.7. The maximum Gasteiger partial charge on any atom is 0.252 e. The topological polar surface area (TPSA) is 22.0 Å². The van der Waals surface area contributed by atoms with Crippen LogP contribution < -0.4 is 5.56 Å². The molecule has 0 aliphatic rings. The monoisotopic (exact) mass is 197 g/mol. The Labute approximate surface area is 83.0 Å². The van der Waals surface area contributed by atoms with Gasteiger partial charge in [0.15, 0.2) is 0 Å². The van der Waals surface area contributed by atoms with E-state index >= 15 is 0 Å². The van der Waals surface area contributed by atoms with Gasteiger partial charge in [-0.1, -0.05) is 0 Å². The number of hydrogen-bond donors (Lipinski definition) is 0. The summed E-state index contributed by atoms with van der Waals surface area (Å²) in [5.74, 6) is 0. The van der Waals surface area contributed by atoms with Crippen molar-refractivity contribution in [2.24, 2.45) is 0 Å². The van der Waals surface area contributed by atoms with Crippen LogP contribution >= 0.6 is 11.8 Å². The highest BCUT2D eigenvalue weighted by atomic mass is 32.2. The summed E-state index contributed by atoms with van der Waals surface area (Å²) in [5, 5.41) is 0. The van der Waals surface area contributed by atoms with Crippen molar-refractivity contribution in [3.63, 3.8) is 0 Å². The van der Waals surface area contributed by atoms with Gasteiger partial charge in [-0.3, -0.25) is 4.79 Å². The van der Waals surface area contributed by atoms with E-state index in [1.54, 1.807) is 22.4 Å². The summed E-state index contributed by atoms with van der Waals surface area (Å²) in [7, 11) is 0. The molecule has 0 saturated heterocycles. The predicted molar refractivity (Wildman–Crippen MR) is 57.5 cm³/mol. The standard InChI is InChI=1S/C10H15NOS/c1-10(2,3)11-6-5-8(13-4)7-9(11)12/h5-7H,1-4H3. The Balaban J connectivity index is 3.21. The van der Waals surface area contributed by atoms with Crippen LogP contribution in [0, 0.1) is 0 Å². The lowest BCUT2D eigenvalue weighted by atomic mass is 10.1. The number of pyridine rings is 1. The average Bonchev–Trinajstić information content (AvgIpc) is 2.01. The van der Waals surface area contributed by atoms with Crippen LogP contribution in [0.5, 0.6) is 0 Å². The Morgan fingerprint density at radius 1 is 1.38 bits per heavy atom. The van der Waals surface area contributed by atoms with Crippen LogP contribution in [0.2, 0.25) is 0 Å². The summed E-state index contributed by atoms with van der Waals surface area (Å²) < 4.78 is 1.74. The quantitative estimate of drug-likeness (QED) is 0.645. The molecule has 0 saturated carbocycles. The first-order chi connectivity index (χ1) is 5.95. The van der Waals surface area contributed by atoms with Gasteiger partial charge in [-0.15, -0.1) is 11.8 Å². The van der Waals surface area contributed by atoms with E-state index < -0.39 is 0 Å². The molecule has 0 amide bonds. The molecular weight excluding hydrogens is 182 g/mol. The number of rotatable bonds is 1. The largest absolute Gasteiger partial charge is 0.310 e. The maximum atomic E-state index is 11.6. The SMILES string of the molecule is CSc1ccn(C(C)(C)C)c(=O)c1. The fraction of sp³-hybridized carbons (Fsp3) is 0.500. The van der Waals surface area contributed by atoms with Gasteiger partial charge in [0.1, 0.15) is 0 Å². The minimum absolute atomic E-state index is 0.0688. The van der Waals surface area contributed by atoms with E-state index in [1.807, 2.05) is 39.3 Å². The third-order valence-electron chi connectivity index (χ3n) is 1.85. The molecule has 13 heavy (non-hydrogen) atoms. The van der Waals surface area contributed by atoms with Crippen LogP contribution in [-0.4, -0.2) is 10.8 Å². The van der Waals surface area contributed by atoms with Crippen molar-refractivity contribution in [2.45, 2.75) is 31.2 Å². The van der Waals surface area contributed by atoms with Crippen LogP contribution in [0.4, 0.5) is 0 Å². The molecule has 0 bridgehead atoms. The molecule has 0 unspecified atom stereocenters. The second-order valence-electron chi connectivity index (χ2n) is 3.95. The van der Waals surface area contributed by atoms with Gasteiger partial charge in [0, 0.05) is 22.7 Å². The molecule has 0 spiro atoms. The highest BCUT2D eigenvalue weighted by Gasteiger charge is 2.13. The van der Waals surface area contributed by atoms with Crippen molar-refractivity contribution >= 4 is 11.8 Å². The van der Waals surface area contributed by atoms with E-state index in [0.29, 0.717) is 0 Å². The molecule has 0 aliphatic heterocycles. The van der Waals surface area contributed by atoms with Crippen LogP contribution in [0.15, 0.2) is 28.0 Å². The zero-order chi connectivity index (χ0) is 10.1. The zero-order valence-electron chi connectivity index (χ0n) is 8.50. The van der Waals surface area contributed by atoms with Gasteiger partial charge in [0.05, 0.1) is 0 Å². The summed E-state index contributed by atoms with van der Waals surface area (Å²) in [5.41, 5.74) is -0.0621. The molecular formula is C10H15NOS. The number of thioether (sulfide) groups is 1. The smallest absolute Gasteiger partial charge is 0.252 e. The lowest BCUT2D eigenvalue weighted by Crippen LogP contribution is -2.32. The molecule has 3 heteroatoms. The van der Waals surface area contributed by atoms with E-state index in [0.717, 1.165) is 4.90 Å². The van der Waals surface area contributed by atoms with Crippen molar-refractivity contribution < 1.29 is 0 Å². The summed E-state index contributed by atoms with van der Waals surface area (Å²) in [6.45, 7) is 6.06. The summed E-state index contributed by atoms with van der Waals surface area (Å²) >= 11 is 1.59. The Bertz CT molecular complexity index is 349. The van der Waals surface area contributed by atoms with Crippen molar-refractivity contribution in [1.82, 2.24) is 4.57 Å². The Morgan fingerprint density at radius 3 is 2.38 bits per heavy atom. The molecule has 1 rings (SSSR count). The van der Waals surface area contributed by atoms with Gasteiger partial charge in [-0.25, -0.2) is 0 Å². The first-order valence-corrected chi connectivity index (χ1v) is 5.45. The summed E-state index contributed by atoms with van der Waals surface area (Å²) in [6, 6.07) is 3.65. The number of hydrogen-bond acceptors (Lipinski definition) is 2. The van der Waals surface area contributed by atoms with E-state index in [2.05, 4.69) is 0 Å². The van der Waals surface area contributed by atoms with Gasteiger partial charge in [-0.05, 0) is 33.1 Å². The molecule has 0 atom stereocenters. The van der Waals surface area contributed by atoms with Crippen molar-refractivity contribution in [1.29, 1.82) is 0 Å². The lowest BCUT2D eigenvalue weighted by Gasteiger charge is -2.22. The highest BCUT2D eigenvalue weighted by Crippen LogP contribution is 2.14. The first kappa shape index (κ1) is 10.4. The van der Waals surface area contributed by atoms with Crippen LogP contribution in [-0.2, 0) is 5.54 Å². The predicted octanol–water partition coefficient (Wildman–Crippen LogP) is 2.33. The minimum Gasteiger partial charge on any atom is -0.310 e. The Morgan fingerprint density at radius 2 is 2.00 bits per heavy atom. The van der Waals surface area contributed by atoms with E-state index in [1.165, 1.54) is 0 Å². The molecule has 1 aromatic heterocycles. The van der Waals surface area contributed by atoms with Crippen LogP contribution in [0.1, 0.15) is 20.8 Å². The second-order valence-corrected chi connectivity index (χ2v) is 4.83. The minimum atomic E-state index is -0.131. The molecule has 0 N–H and O–H groups in total. The molecule has 0 aliphatic carbocycles. The van der Waals surface area contributed by atoms with Gasteiger partial charge in [-0.2, -0.15) is 0 Å². The molecule has 1 aromatic rings. The fourth-order valence-corrected chi connectivity index (χ4v) is 1.56. The highest BCUT2D eigenvalue weighted by molar-refractivity contribution is 7.98. The van der Waals surface area contributed by atoms with E-state index in [-0.39, 0.29) is 11.1 Å². The molecule has 0 fully saturated rings. The summed E-state index contributed by atoms with van der Waals surface area (Å²) in [6.07, 6.45) is 3.82. The van der Waals surface area contributed by atoms with Gasteiger partial charge >= 0.3 is 0 Å². The van der Waals surface area contributed by atoms with E-state index in [9.17, 15) is 4.79 Å². The maximum absolute atomic E-state index is 11.6. The fourth-order valence-electron chi connectivity index (χ4n) is 1.14. The first-order valence-electron chi connectivity index (χ1n) is 4.22. The van der Waals surface area contributed by atoms with Crippen LogP contribution in [0.3, 0.4) is 0 Å². The Hall–Kier alpha value is -0.700. The number of aromatic nitrogens is 1. The van der Waals surface area contributed by atoms with Crippen molar-refractivity contribution in [3.8, 4) is 0 Å². The Kier molecular flexibility index (Phi) is 2.86. The second kappa shape index (κ2) is 3.58. The van der Waals surface area contributed by atoms with Gasteiger partial charge in [0.25, 0.3) is 5.56 Å². The third-order valence-corrected chi connectivity index (χ3v) is 2.57. The molecule has 72 valence electrons. The van der Waals surface area contributed by atoms with Gasteiger partial charge in [0.2, 0.25) is 0 Å². The van der Waals surface area contributed by atoms with Crippen molar-refractivity contribution in [3.05, 3.63) is 28.7 Å². The molecule has 0 aromatic carbocycles. The summed E-state index contributed by atoms with van der Waals surface area (Å²) in [4.78, 5) is 12.6. The van der Waals surface area contributed by atoms with Crippen molar-refractivity contribution in [2.75, 3.05) is 6.26 Å². The lowest BCUT2D eigenvalue weighted by molar-refractivity contribution is 0.383.